The number of hydrogen-bond donors (Lipinski definition) is 1. The van der Waals surface area contributed by atoms with E-state index in [2.05, 4.69) is 9.97 Å². The molecule has 72 valence electrons. The van der Waals surface area contributed by atoms with Crippen LogP contribution in [0.1, 0.15) is 6.42 Å². The minimum Gasteiger partial charge on any atom is -0.382 e. The highest BCUT2D eigenvalue weighted by molar-refractivity contribution is 6.15. The quantitative estimate of drug-likeness (QED) is 0.598. The number of anilines is 2. The first-order valence-electron chi connectivity index (χ1n) is 4.06. The van der Waals surface area contributed by atoms with Gasteiger partial charge in [-0.3, -0.25) is 14.5 Å². The van der Waals surface area contributed by atoms with Crippen molar-refractivity contribution in [3.05, 3.63) is 12.5 Å². The van der Waals surface area contributed by atoms with Gasteiger partial charge in [0.1, 0.15) is 12.0 Å². The third kappa shape index (κ3) is 1.30. The molecule has 0 saturated carbocycles. The second-order valence-corrected chi connectivity index (χ2v) is 2.99. The van der Waals surface area contributed by atoms with Crippen LogP contribution in [0.25, 0.3) is 0 Å². The van der Waals surface area contributed by atoms with Crippen LogP contribution in [-0.2, 0) is 9.59 Å². The Labute approximate surface area is 79.7 Å². The molecule has 1 aromatic heterocycles. The maximum Gasteiger partial charge on any atom is 0.235 e. The Bertz CT molecular complexity index is 404. The summed E-state index contributed by atoms with van der Waals surface area (Å²) in [7, 11) is 0. The van der Waals surface area contributed by atoms with Crippen molar-refractivity contribution in [3.63, 3.8) is 0 Å². The largest absolute Gasteiger partial charge is 0.382 e. The predicted molar refractivity (Wildman–Crippen MR) is 48.4 cm³/mol. The average Bonchev–Trinajstić information content (AvgIpc) is 2.46. The number of hydrogen-bond acceptors (Lipinski definition) is 5. The summed E-state index contributed by atoms with van der Waals surface area (Å²) >= 11 is 0. The molecule has 0 unspecified atom stereocenters. The molecule has 1 fully saturated rings. The zero-order chi connectivity index (χ0) is 10.1. The van der Waals surface area contributed by atoms with Crippen molar-refractivity contribution in [1.82, 2.24) is 9.97 Å². The van der Waals surface area contributed by atoms with Gasteiger partial charge in [-0.25, -0.2) is 9.97 Å². The molecule has 0 atom stereocenters. The molecule has 6 nitrogen and oxygen atoms in total. The van der Waals surface area contributed by atoms with Gasteiger partial charge in [-0.15, -0.1) is 0 Å². The van der Waals surface area contributed by atoms with E-state index in [1.54, 1.807) is 0 Å². The first-order valence-corrected chi connectivity index (χ1v) is 4.06. The number of nitrogens with zero attached hydrogens (tertiary/aromatic N) is 3. The van der Waals surface area contributed by atoms with E-state index in [9.17, 15) is 9.59 Å². The maximum absolute atomic E-state index is 11.3. The van der Waals surface area contributed by atoms with Gasteiger partial charge in [0.2, 0.25) is 5.91 Å². The number of amides is 1. The number of carbonyl (C=O) groups excluding carboxylic acids is 2. The van der Waals surface area contributed by atoms with Crippen molar-refractivity contribution < 1.29 is 9.59 Å². The molecule has 2 heterocycles. The van der Waals surface area contributed by atoms with Crippen LogP contribution < -0.4 is 10.6 Å². The van der Waals surface area contributed by atoms with Crippen molar-refractivity contribution in [2.24, 2.45) is 0 Å². The fourth-order valence-corrected chi connectivity index (χ4v) is 1.34. The van der Waals surface area contributed by atoms with Gasteiger partial charge in [-0.1, -0.05) is 0 Å². The van der Waals surface area contributed by atoms with Crippen LogP contribution in [0.5, 0.6) is 0 Å². The molecule has 1 aliphatic heterocycles. The number of carbonyl (C=O) groups is 2. The molecule has 2 N–H and O–H groups in total. The van der Waals surface area contributed by atoms with Gasteiger partial charge >= 0.3 is 0 Å². The standard InChI is InChI=1S/C8H8N4O2/c9-8-6(2-10-4-11-8)12-3-5(13)1-7(12)14/h2,4H,1,3H2,(H2,9,10,11). The Kier molecular flexibility index (Phi) is 1.88. The summed E-state index contributed by atoms with van der Waals surface area (Å²) in [4.78, 5) is 31.1. The number of aromatic nitrogens is 2. The Morgan fingerprint density at radius 1 is 1.43 bits per heavy atom. The molecular formula is C8H8N4O2. The molecule has 0 aromatic carbocycles. The molecule has 1 aliphatic rings. The van der Waals surface area contributed by atoms with Crippen molar-refractivity contribution in [3.8, 4) is 0 Å². The molecule has 1 amide bonds. The van der Waals surface area contributed by atoms with E-state index < -0.39 is 0 Å². The molecule has 6 heteroatoms. The molecule has 1 aromatic rings. The summed E-state index contributed by atoms with van der Waals surface area (Å²) in [5, 5.41) is 0. The molecule has 0 radical (unpaired) electrons. The van der Waals surface area contributed by atoms with Crippen LogP contribution in [0.3, 0.4) is 0 Å². The Morgan fingerprint density at radius 2 is 2.21 bits per heavy atom. The first kappa shape index (κ1) is 8.61. The smallest absolute Gasteiger partial charge is 0.235 e. The summed E-state index contributed by atoms with van der Waals surface area (Å²) in [5.41, 5.74) is 5.96. The lowest BCUT2D eigenvalue weighted by Gasteiger charge is -2.14. The van der Waals surface area contributed by atoms with Crippen LogP contribution in [-0.4, -0.2) is 28.2 Å². The van der Waals surface area contributed by atoms with Gasteiger partial charge in [-0.2, -0.15) is 0 Å². The third-order valence-electron chi connectivity index (χ3n) is 2.00. The third-order valence-corrected chi connectivity index (χ3v) is 2.00. The van der Waals surface area contributed by atoms with Crippen molar-refractivity contribution in [2.75, 3.05) is 17.2 Å². The van der Waals surface area contributed by atoms with Gasteiger partial charge in [0.15, 0.2) is 11.6 Å². The minimum absolute atomic E-state index is 0.0612. The zero-order valence-electron chi connectivity index (χ0n) is 7.30. The highest BCUT2D eigenvalue weighted by Crippen LogP contribution is 2.22. The van der Waals surface area contributed by atoms with Crippen LogP contribution in [0.4, 0.5) is 11.5 Å². The lowest BCUT2D eigenvalue weighted by atomic mass is 10.3. The van der Waals surface area contributed by atoms with Crippen molar-refractivity contribution in [2.45, 2.75) is 6.42 Å². The Balaban J connectivity index is 2.36. The van der Waals surface area contributed by atoms with Crippen LogP contribution in [0, 0.1) is 0 Å². The van der Waals surface area contributed by atoms with Gasteiger partial charge in [-0.05, 0) is 0 Å². The lowest BCUT2D eigenvalue weighted by Crippen LogP contribution is -2.25. The van der Waals surface area contributed by atoms with E-state index in [0.29, 0.717) is 5.69 Å². The summed E-state index contributed by atoms with van der Waals surface area (Å²) in [5.74, 6) is -0.155. The van der Waals surface area contributed by atoms with E-state index >= 15 is 0 Å². The number of Topliss-reactive ketones (excluding diaryl/α,β-unsaturated/α-hetero) is 1. The fourth-order valence-electron chi connectivity index (χ4n) is 1.34. The van der Waals surface area contributed by atoms with E-state index in [1.165, 1.54) is 17.4 Å². The normalized spacial score (nSPS) is 16.4. The maximum atomic E-state index is 11.3. The number of ketones is 1. The fraction of sp³-hybridized carbons (Fsp3) is 0.250. The van der Waals surface area contributed by atoms with Crippen molar-refractivity contribution in [1.29, 1.82) is 0 Å². The van der Waals surface area contributed by atoms with Gasteiger partial charge < -0.3 is 5.73 Å². The Morgan fingerprint density at radius 3 is 2.79 bits per heavy atom. The Hall–Kier alpha value is -1.98. The molecule has 14 heavy (non-hydrogen) atoms. The van der Waals surface area contributed by atoms with Crippen LogP contribution in [0.15, 0.2) is 12.5 Å². The van der Waals surface area contributed by atoms with Gasteiger partial charge in [0.05, 0.1) is 19.2 Å². The molecule has 0 aliphatic carbocycles. The SMILES string of the molecule is Nc1ncncc1N1CC(=O)CC1=O. The molecule has 2 rings (SSSR count). The van der Waals surface area contributed by atoms with E-state index in [0.717, 1.165) is 0 Å². The predicted octanol–water partition coefficient (Wildman–Crippen LogP) is -0.635. The molecule has 0 bridgehead atoms. The summed E-state index contributed by atoms with van der Waals surface area (Å²) < 4.78 is 0. The highest BCUT2D eigenvalue weighted by atomic mass is 16.2. The summed E-state index contributed by atoms with van der Waals surface area (Å²) in [6.45, 7) is 0.0659. The number of rotatable bonds is 1. The molecule has 0 spiro atoms. The highest BCUT2D eigenvalue weighted by Gasteiger charge is 2.30. The van der Waals surface area contributed by atoms with E-state index in [-0.39, 0.29) is 30.5 Å². The van der Waals surface area contributed by atoms with Crippen LogP contribution >= 0.6 is 0 Å². The molecule has 1 saturated heterocycles. The van der Waals surface area contributed by atoms with Crippen molar-refractivity contribution >= 4 is 23.2 Å². The van der Waals surface area contributed by atoms with Crippen LogP contribution in [0.2, 0.25) is 0 Å². The lowest BCUT2D eigenvalue weighted by molar-refractivity contribution is -0.121. The van der Waals surface area contributed by atoms with Gasteiger partial charge in [0.25, 0.3) is 0 Å². The first-order chi connectivity index (χ1) is 6.68. The topological polar surface area (TPSA) is 89.2 Å². The number of nitrogen functional groups attached to an aromatic ring is 1. The monoisotopic (exact) mass is 192 g/mol. The zero-order valence-corrected chi connectivity index (χ0v) is 7.30. The summed E-state index contributed by atoms with van der Waals surface area (Å²) in [6.07, 6.45) is 2.66. The van der Waals surface area contributed by atoms with E-state index in [1.807, 2.05) is 0 Å². The second kappa shape index (κ2) is 3.06. The second-order valence-electron chi connectivity index (χ2n) is 2.99. The average molecular weight is 192 g/mol. The number of nitrogens with two attached hydrogens (primary N) is 1. The summed E-state index contributed by atoms with van der Waals surface area (Å²) in [6, 6.07) is 0. The van der Waals surface area contributed by atoms with E-state index in [4.69, 9.17) is 5.73 Å². The van der Waals surface area contributed by atoms with Gasteiger partial charge in [0, 0.05) is 0 Å². The molecular weight excluding hydrogens is 184 g/mol. The minimum atomic E-state index is -0.253.